The van der Waals surface area contributed by atoms with Gasteiger partial charge in [-0.1, -0.05) is 45.2 Å². The summed E-state index contributed by atoms with van der Waals surface area (Å²) in [6, 6.07) is 2.54. The smallest absolute Gasteiger partial charge is 0.191 e. The molecule has 5 heteroatoms. The van der Waals surface area contributed by atoms with Gasteiger partial charge in [0.25, 0.3) is 0 Å². The third-order valence-electron chi connectivity index (χ3n) is 4.61. The van der Waals surface area contributed by atoms with E-state index in [1.54, 1.807) is 0 Å². The molecule has 0 aliphatic heterocycles. The third-order valence-corrected chi connectivity index (χ3v) is 4.61. The second kappa shape index (κ2) is 8.94. The van der Waals surface area contributed by atoms with Crippen molar-refractivity contribution in [3.63, 3.8) is 0 Å². The molecule has 0 spiro atoms. The Morgan fingerprint density at radius 2 is 2.22 bits per heavy atom. The maximum absolute atomic E-state index is 5.37. The SMILES string of the molecule is CCNC(=NCc1cc(C(C)C)no1)NC1CCCC(CC)C1. The molecule has 5 nitrogen and oxygen atoms in total. The topological polar surface area (TPSA) is 62.5 Å². The highest BCUT2D eigenvalue weighted by Crippen LogP contribution is 2.26. The standard InChI is InChI=1S/C18H32N4O/c1-5-14-8-7-9-15(10-14)21-18(19-6-2)20-12-16-11-17(13(3)4)22-23-16/h11,13-15H,5-10,12H2,1-4H3,(H2,19,20,21). The van der Waals surface area contributed by atoms with E-state index in [1.165, 1.54) is 32.1 Å². The first-order valence-electron chi connectivity index (χ1n) is 9.12. The summed E-state index contributed by atoms with van der Waals surface area (Å²) in [6.07, 6.45) is 6.46. The van der Waals surface area contributed by atoms with Crippen molar-refractivity contribution >= 4 is 5.96 Å². The lowest BCUT2D eigenvalue weighted by molar-refractivity contribution is 0.298. The molecule has 2 rings (SSSR count). The summed E-state index contributed by atoms with van der Waals surface area (Å²) < 4.78 is 5.37. The van der Waals surface area contributed by atoms with Gasteiger partial charge in [-0.2, -0.15) is 0 Å². The molecule has 2 N–H and O–H groups in total. The molecule has 0 bridgehead atoms. The van der Waals surface area contributed by atoms with Gasteiger partial charge in [0.15, 0.2) is 11.7 Å². The van der Waals surface area contributed by atoms with Gasteiger partial charge in [-0.3, -0.25) is 0 Å². The maximum atomic E-state index is 5.37. The molecule has 23 heavy (non-hydrogen) atoms. The lowest BCUT2D eigenvalue weighted by atomic mass is 9.84. The molecule has 1 saturated carbocycles. The second-order valence-corrected chi connectivity index (χ2v) is 6.85. The van der Waals surface area contributed by atoms with Crippen LogP contribution in [0.25, 0.3) is 0 Å². The van der Waals surface area contributed by atoms with Crippen LogP contribution in [0.5, 0.6) is 0 Å². The zero-order valence-corrected chi connectivity index (χ0v) is 15.1. The minimum absolute atomic E-state index is 0.385. The Morgan fingerprint density at radius 3 is 2.87 bits per heavy atom. The van der Waals surface area contributed by atoms with E-state index in [4.69, 9.17) is 4.52 Å². The normalized spacial score (nSPS) is 22.4. The van der Waals surface area contributed by atoms with Crippen LogP contribution in [0.3, 0.4) is 0 Å². The molecule has 0 radical (unpaired) electrons. The van der Waals surface area contributed by atoms with Crippen LogP contribution in [0.15, 0.2) is 15.6 Å². The molecule has 2 unspecified atom stereocenters. The predicted octanol–water partition coefficient (Wildman–Crippen LogP) is 3.82. The summed E-state index contributed by atoms with van der Waals surface area (Å²) in [5, 5.41) is 11.0. The quantitative estimate of drug-likeness (QED) is 0.618. The number of hydrogen-bond acceptors (Lipinski definition) is 3. The van der Waals surface area contributed by atoms with Gasteiger partial charge >= 0.3 is 0 Å². The first-order valence-corrected chi connectivity index (χ1v) is 9.12. The van der Waals surface area contributed by atoms with Crippen LogP contribution in [-0.4, -0.2) is 23.7 Å². The first kappa shape index (κ1) is 17.8. The first-order chi connectivity index (χ1) is 11.1. The maximum Gasteiger partial charge on any atom is 0.191 e. The van der Waals surface area contributed by atoms with E-state index in [2.05, 4.69) is 48.5 Å². The van der Waals surface area contributed by atoms with Crippen molar-refractivity contribution in [2.24, 2.45) is 10.9 Å². The van der Waals surface area contributed by atoms with Gasteiger partial charge in [-0.05, 0) is 31.6 Å². The van der Waals surface area contributed by atoms with Crippen LogP contribution in [0.4, 0.5) is 0 Å². The van der Waals surface area contributed by atoms with Crippen LogP contribution >= 0.6 is 0 Å². The molecule has 1 aromatic rings. The van der Waals surface area contributed by atoms with Crippen LogP contribution in [0.2, 0.25) is 0 Å². The second-order valence-electron chi connectivity index (χ2n) is 6.85. The van der Waals surface area contributed by atoms with Gasteiger partial charge in [0.2, 0.25) is 0 Å². The Balaban J connectivity index is 1.93. The molecule has 1 fully saturated rings. The molecule has 0 amide bonds. The minimum Gasteiger partial charge on any atom is -0.359 e. The number of hydrogen-bond donors (Lipinski definition) is 2. The van der Waals surface area contributed by atoms with Gasteiger partial charge in [0.05, 0.1) is 5.69 Å². The van der Waals surface area contributed by atoms with Gasteiger partial charge in [-0.15, -0.1) is 0 Å². The molecule has 0 saturated heterocycles. The highest BCUT2D eigenvalue weighted by atomic mass is 16.5. The lowest BCUT2D eigenvalue weighted by Gasteiger charge is -2.30. The monoisotopic (exact) mass is 320 g/mol. The highest BCUT2D eigenvalue weighted by molar-refractivity contribution is 5.80. The number of nitrogens with zero attached hydrogens (tertiary/aromatic N) is 2. The number of guanidine groups is 1. The largest absolute Gasteiger partial charge is 0.359 e. The van der Waals surface area contributed by atoms with Crippen molar-refractivity contribution in [1.29, 1.82) is 0 Å². The summed E-state index contributed by atoms with van der Waals surface area (Å²) in [5.74, 6) is 2.95. The zero-order chi connectivity index (χ0) is 16.7. The van der Waals surface area contributed by atoms with E-state index in [0.29, 0.717) is 18.5 Å². The Kier molecular flexibility index (Phi) is 6.93. The Hall–Kier alpha value is -1.52. The van der Waals surface area contributed by atoms with Crippen molar-refractivity contribution in [3.05, 3.63) is 17.5 Å². The number of aromatic nitrogens is 1. The zero-order valence-electron chi connectivity index (χ0n) is 15.1. The van der Waals surface area contributed by atoms with E-state index in [0.717, 1.165) is 29.9 Å². The van der Waals surface area contributed by atoms with Crippen molar-refractivity contribution in [1.82, 2.24) is 15.8 Å². The van der Waals surface area contributed by atoms with Crippen LogP contribution < -0.4 is 10.6 Å². The summed E-state index contributed by atoms with van der Waals surface area (Å²) in [5.41, 5.74) is 0.992. The highest BCUT2D eigenvalue weighted by Gasteiger charge is 2.21. The average molecular weight is 320 g/mol. The molecule has 1 aromatic heterocycles. The Labute approximate surface area is 140 Å². The molecule has 1 aliphatic rings. The fourth-order valence-corrected chi connectivity index (χ4v) is 3.14. The van der Waals surface area contributed by atoms with E-state index in [9.17, 15) is 0 Å². The number of rotatable bonds is 6. The van der Waals surface area contributed by atoms with Crippen molar-refractivity contribution in [2.75, 3.05) is 6.54 Å². The van der Waals surface area contributed by atoms with Gasteiger partial charge in [0, 0.05) is 18.7 Å². The number of aliphatic imine (C=N–C) groups is 1. The fourth-order valence-electron chi connectivity index (χ4n) is 3.14. The Bertz CT molecular complexity index is 495. The summed E-state index contributed by atoms with van der Waals surface area (Å²) in [7, 11) is 0. The molecule has 2 atom stereocenters. The molecule has 1 aliphatic carbocycles. The average Bonchev–Trinajstić information content (AvgIpc) is 3.02. The minimum atomic E-state index is 0.385. The van der Waals surface area contributed by atoms with Crippen molar-refractivity contribution < 1.29 is 4.52 Å². The van der Waals surface area contributed by atoms with E-state index in [-0.39, 0.29) is 0 Å². The third kappa shape index (κ3) is 5.56. The van der Waals surface area contributed by atoms with Crippen LogP contribution in [0, 0.1) is 5.92 Å². The molecule has 130 valence electrons. The van der Waals surface area contributed by atoms with Crippen molar-refractivity contribution in [2.45, 2.75) is 78.3 Å². The predicted molar refractivity (Wildman–Crippen MR) is 94.6 cm³/mol. The molecular formula is C18H32N4O. The summed E-state index contributed by atoms with van der Waals surface area (Å²) in [4.78, 5) is 4.66. The van der Waals surface area contributed by atoms with Gasteiger partial charge in [-0.25, -0.2) is 4.99 Å². The van der Waals surface area contributed by atoms with Gasteiger partial charge < -0.3 is 15.2 Å². The van der Waals surface area contributed by atoms with E-state index < -0.39 is 0 Å². The molecular weight excluding hydrogens is 288 g/mol. The Morgan fingerprint density at radius 1 is 1.39 bits per heavy atom. The van der Waals surface area contributed by atoms with Crippen LogP contribution in [0.1, 0.15) is 77.2 Å². The van der Waals surface area contributed by atoms with Crippen molar-refractivity contribution in [3.8, 4) is 0 Å². The molecule has 0 aromatic carbocycles. The van der Waals surface area contributed by atoms with E-state index >= 15 is 0 Å². The lowest BCUT2D eigenvalue weighted by Crippen LogP contribution is -2.45. The summed E-state index contributed by atoms with van der Waals surface area (Å²) in [6.45, 7) is 10.0. The molecule has 1 heterocycles. The number of nitrogens with one attached hydrogen (secondary N) is 2. The van der Waals surface area contributed by atoms with Gasteiger partial charge in [0.1, 0.15) is 6.54 Å². The summed E-state index contributed by atoms with van der Waals surface area (Å²) >= 11 is 0. The van der Waals surface area contributed by atoms with Crippen LogP contribution in [-0.2, 0) is 6.54 Å². The van der Waals surface area contributed by atoms with E-state index in [1.807, 2.05) is 6.07 Å². The fraction of sp³-hybridized carbons (Fsp3) is 0.778.